The van der Waals surface area contributed by atoms with Crippen LogP contribution in [0, 0.1) is 0 Å². The Balaban J connectivity index is 1.32. The number of fused-ring (bicyclic) bond motifs is 4. The zero-order valence-corrected chi connectivity index (χ0v) is 18.5. The average molecular weight is 484 g/mol. The number of para-hydroxylation sites is 3. The van der Waals surface area contributed by atoms with E-state index in [1.54, 1.807) is 35.2 Å². The molecule has 1 unspecified atom stereocenters. The first-order valence-corrected chi connectivity index (χ1v) is 11.7. The molecule has 0 saturated carbocycles. The number of aromatic nitrogens is 1. The van der Waals surface area contributed by atoms with Gasteiger partial charge in [0.05, 0.1) is 23.1 Å². The number of anilines is 2. The number of nitrogens with zero attached hydrogens (tertiary/aromatic N) is 2. The zero-order chi connectivity index (χ0) is 23.9. The summed E-state index contributed by atoms with van der Waals surface area (Å²) in [6, 6.07) is 20.1. The molecule has 0 bridgehead atoms. The predicted octanol–water partition coefficient (Wildman–Crippen LogP) is 3.74. The number of aliphatic hydroxyl groups is 1. The van der Waals surface area contributed by atoms with E-state index in [2.05, 4.69) is 9.17 Å². The second-order valence-corrected chi connectivity index (χ2v) is 8.73. The second-order valence-electron chi connectivity index (χ2n) is 7.71. The number of hydroxylamine groups is 1. The van der Waals surface area contributed by atoms with E-state index in [9.17, 15) is 18.7 Å². The van der Waals surface area contributed by atoms with E-state index in [1.165, 1.54) is 6.20 Å². The fraction of sp³-hybridized carbons (Fsp3) is 0.130. The Morgan fingerprint density at radius 3 is 2.44 bits per heavy atom. The molecule has 3 aromatic carbocycles. The standard InChI is InChI=1S/C23H21N3O7S/c27-23(32-15-9-10-17-16-5-1-2-6-18(16)24-19(17)13-15)11-12-25-14-22(33-34(29,30)31)26(28)21-8-4-3-7-20(21)25/h1-10,13-14,23-24,27-28H,11-12H2,(H,29,30,31). The van der Waals surface area contributed by atoms with Crippen molar-refractivity contribution >= 4 is 43.6 Å². The van der Waals surface area contributed by atoms with Crippen molar-refractivity contribution in [2.45, 2.75) is 12.7 Å². The number of nitrogens with one attached hydrogen (secondary N) is 1. The van der Waals surface area contributed by atoms with Gasteiger partial charge in [-0.2, -0.15) is 13.5 Å². The van der Waals surface area contributed by atoms with Crippen LogP contribution < -0.4 is 14.7 Å². The molecule has 4 aromatic rings. The van der Waals surface area contributed by atoms with E-state index in [-0.39, 0.29) is 18.7 Å². The molecule has 34 heavy (non-hydrogen) atoms. The Kier molecular flexibility index (Phi) is 5.54. The minimum atomic E-state index is -4.86. The maximum absolute atomic E-state index is 11.2. The number of aliphatic hydroxyl groups excluding tert-OH is 1. The van der Waals surface area contributed by atoms with E-state index in [0.717, 1.165) is 21.8 Å². The average Bonchev–Trinajstić information content (AvgIpc) is 3.17. The van der Waals surface area contributed by atoms with Gasteiger partial charge in [-0.3, -0.25) is 9.76 Å². The van der Waals surface area contributed by atoms with Gasteiger partial charge in [0, 0.05) is 35.3 Å². The van der Waals surface area contributed by atoms with E-state index < -0.39 is 22.6 Å². The van der Waals surface area contributed by atoms with Crippen LogP contribution in [0.2, 0.25) is 0 Å². The van der Waals surface area contributed by atoms with Crippen LogP contribution in [0.15, 0.2) is 78.8 Å². The zero-order valence-electron chi connectivity index (χ0n) is 17.7. The van der Waals surface area contributed by atoms with Gasteiger partial charge in [-0.05, 0) is 30.3 Å². The summed E-state index contributed by atoms with van der Waals surface area (Å²) >= 11 is 0. The van der Waals surface area contributed by atoms with Crippen LogP contribution in [0.3, 0.4) is 0 Å². The van der Waals surface area contributed by atoms with Crippen molar-refractivity contribution < 1.29 is 32.2 Å². The van der Waals surface area contributed by atoms with E-state index in [0.29, 0.717) is 16.5 Å². The number of hydrogen-bond acceptors (Lipinski definition) is 8. The van der Waals surface area contributed by atoms with Gasteiger partial charge in [0.1, 0.15) is 5.75 Å². The molecule has 0 amide bonds. The van der Waals surface area contributed by atoms with Gasteiger partial charge in [-0.25, -0.2) is 0 Å². The summed E-state index contributed by atoms with van der Waals surface area (Å²) < 4.78 is 41.5. The lowest BCUT2D eigenvalue weighted by atomic mass is 10.1. The Labute approximate surface area is 194 Å². The molecule has 0 radical (unpaired) electrons. The van der Waals surface area contributed by atoms with Crippen molar-refractivity contribution in [1.29, 1.82) is 0 Å². The molecule has 2 heterocycles. The van der Waals surface area contributed by atoms with Crippen LogP contribution in [0.25, 0.3) is 21.8 Å². The summed E-state index contributed by atoms with van der Waals surface area (Å²) in [7, 11) is -4.86. The molecular weight excluding hydrogens is 462 g/mol. The van der Waals surface area contributed by atoms with Crippen LogP contribution >= 0.6 is 0 Å². The topological polar surface area (TPSA) is 136 Å². The third kappa shape index (κ3) is 4.37. The molecule has 1 aromatic heterocycles. The third-order valence-electron chi connectivity index (χ3n) is 5.45. The Bertz CT molecular complexity index is 1500. The monoisotopic (exact) mass is 483 g/mol. The van der Waals surface area contributed by atoms with Gasteiger partial charge in [-0.1, -0.05) is 30.3 Å². The van der Waals surface area contributed by atoms with Gasteiger partial charge in [-0.15, -0.1) is 0 Å². The highest BCUT2D eigenvalue weighted by Crippen LogP contribution is 2.36. The molecule has 0 aliphatic carbocycles. The number of ether oxygens (including phenoxy) is 1. The van der Waals surface area contributed by atoms with Gasteiger partial charge in [0.25, 0.3) is 5.88 Å². The quantitative estimate of drug-likeness (QED) is 0.229. The number of hydrogen-bond donors (Lipinski definition) is 4. The normalized spacial score (nSPS) is 14.7. The van der Waals surface area contributed by atoms with Crippen molar-refractivity contribution in [3.8, 4) is 5.75 Å². The highest BCUT2D eigenvalue weighted by atomic mass is 32.3. The van der Waals surface area contributed by atoms with Gasteiger partial charge in [0.2, 0.25) is 0 Å². The van der Waals surface area contributed by atoms with Crippen molar-refractivity contribution in [2.24, 2.45) is 0 Å². The molecule has 4 N–H and O–H groups in total. The number of benzene rings is 3. The van der Waals surface area contributed by atoms with Crippen molar-refractivity contribution in [3.63, 3.8) is 0 Å². The van der Waals surface area contributed by atoms with E-state index >= 15 is 0 Å². The first-order valence-electron chi connectivity index (χ1n) is 10.4. The second kappa shape index (κ2) is 8.54. The first kappa shape index (κ1) is 22.0. The summed E-state index contributed by atoms with van der Waals surface area (Å²) in [6.45, 7) is 0.193. The van der Waals surface area contributed by atoms with Crippen LogP contribution in [-0.4, -0.2) is 41.1 Å². The Hall–Kier alpha value is -3.77. The molecule has 10 nitrogen and oxygen atoms in total. The lowest BCUT2D eigenvalue weighted by Crippen LogP contribution is -2.34. The van der Waals surface area contributed by atoms with Crippen molar-refractivity contribution in [3.05, 3.63) is 78.8 Å². The van der Waals surface area contributed by atoms with Gasteiger partial charge in [0.15, 0.2) is 6.29 Å². The van der Waals surface area contributed by atoms with Crippen LogP contribution in [0.5, 0.6) is 5.75 Å². The van der Waals surface area contributed by atoms with Gasteiger partial charge < -0.3 is 23.9 Å². The third-order valence-corrected chi connectivity index (χ3v) is 5.83. The molecular formula is C23H21N3O7S. The first-order chi connectivity index (χ1) is 16.3. The highest BCUT2D eigenvalue weighted by Gasteiger charge is 2.27. The van der Waals surface area contributed by atoms with Crippen LogP contribution in [0.1, 0.15) is 6.42 Å². The molecule has 0 fully saturated rings. The largest absolute Gasteiger partial charge is 0.465 e. The fourth-order valence-corrected chi connectivity index (χ4v) is 4.31. The minimum Gasteiger partial charge on any atom is -0.465 e. The molecule has 11 heteroatoms. The summed E-state index contributed by atoms with van der Waals surface area (Å²) in [4.78, 5) is 4.90. The molecule has 1 aliphatic rings. The number of aromatic amines is 1. The Morgan fingerprint density at radius 2 is 1.65 bits per heavy atom. The fourth-order valence-electron chi connectivity index (χ4n) is 3.98. The van der Waals surface area contributed by atoms with Crippen LogP contribution in [-0.2, 0) is 14.6 Å². The van der Waals surface area contributed by atoms with Crippen LogP contribution in [0.4, 0.5) is 11.4 Å². The maximum Gasteiger partial charge on any atom is 0.448 e. The highest BCUT2D eigenvalue weighted by molar-refractivity contribution is 7.81. The molecule has 0 spiro atoms. The summed E-state index contributed by atoms with van der Waals surface area (Å²) in [5.74, 6) is -0.0288. The van der Waals surface area contributed by atoms with Gasteiger partial charge >= 0.3 is 10.4 Å². The SMILES string of the molecule is O=S(=O)(O)OC1=CN(CCC(O)Oc2ccc3c(c2)[nH]c2ccccc23)c2ccccc2N1O. The molecule has 176 valence electrons. The Morgan fingerprint density at radius 1 is 0.941 bits per heavy atom. The van der Waals surface area contributed by atoms with Crippen molar-refractivity contribution in [2.75, 3.05) is 16.5 Å². The molecule has 1 atom stereocenters. The predicted molar refractivity (Wildman–Crippen MR) is 126 cm³/mol. The molecule has 0 saturated heterocycles. The summed E-state index contributed by atoms with van der Waals surface area (Å²) in [5.41, 5.74) is 2.67. The minimum absolute atomic E-state index is 0.139. The van der Waals surface area contributed by atoms with Crippen molar-refractivity contribution in [1.82, 2.24) is 4.98 Å². The molecule has 5 rings (SSSR count). The lowest BCUT2D eigenvalue weighted by molar-refractivity contribution is -0.0208. The summed E-state index contributed by atoms with van der Waals surface area (Å²) in [5, 5.41) is 23.4. The van der Waals surface area contributed by atoms with E-state index in [1.807, 2.05) is 36.4 Å². The lowest BCUT2D eigenvalue weighted by Gasteiger charge is -2.33. The number of H-pyrrole nitrogens is 1. The van der Waals surface area contributed by atoms with E-state index in [4.69, 9.17) is 9.29 Å². The number of rotatable bonds is 7. The summed E-state index contributed by atoms with van der Waals surface area (Å²) in [6.07, 6.45) is 0.181. The molecule has 1 aliphatic heterocycles. The smallest absolute Gasteiger partial charge is 0.448 e. The maximum atomic E-state index is 11.2.